The highest BCUT2D eigenvalue weighted by Crippen LogP contribution is 2.23. The summed E-state index contributed by atoms with van der Waals surface area (Å²) >= 11 is 0. The summed E-state index contributed by atoms with van der Waals surface area (Å²) in [7, 11) is 0. The molecule has 0 N–H and O–H groups in total. The lowest BCUT2D eigenvalue weighted by Gasteiger charge is -2.06. The zero-order chi connectivity index (χ0) is 19.7. The molecule has 4 aromatic rings. The van der Waals surface area contributed by atoms with Gasteiger partial charge in [0.2, 0.25) is 0 Å². The van der Waals surface area contributed by atoms with Gasteiger partial charge in [0.05, 0.1) is 11.3 Å². The normalized spacial score (nSPS) is 10.8. The molecule has 0 aliphatic carbocycles. The Balaban J connectivity index is 1.87. The maximum atomic E-state index is 4.82. The summed E-state index contributed by atoms with van der Waals surface area (Å²) < 4.78 is 0. The maximum Gasteiger partial charge on any atom is 0.0808 e. The second kappa shape index (κ2) is 9.32. The topological polar surface area (TPSA) is 12.4 Å². The third-order valence-corrected chi connectivity index (χ3v) is 4.59. The van der Waals surface area contributed by atoms with Crippen LogP contribution in [0.2, 0.25) is 0 Å². The predicted octanol–water partition coefficient (Wildman–Crippen LogP) is 6.99. The van der Waals surface area contributed by atoms with Gasteiger partial charge in [-0.05, 0) is 28.6 Å². The van der Waals surface area contributed by atoms with E-state index < -0.39 is 0 Å². The third kappa shape index (κ3) is 4.87. The lowest BCUT2D eigenvalue weighted by Crippen LogP contribution is -1.89. The van der Waals surface area contributed by atoms with Gasteiger partial charge in [0, 0.05) is 5.56 Å². The fraction of sp³-hybridized carbons (Fsp3) is 0. The quantitative estimate of drug-likeness (QED) is 0.265. The Hall–Kier alpha value is -3.93. The van der Waals surface area contributed by atoms with Crippen LogP contribution in [-0.4, -0.2) is 5.87 Å². The van der Waals surface area contributed by atoms with Crippen LogP contribution in [0, 0.1) is 0 Å². The molecule has 0 heterocycles. The second-order valence-electron chi connectivity index (χ2n) is 6.64. The van der Waals surface area contributed by atoms with Crippen molar-refractivity contribution >= 4 is 23.2 Å². The molecular formula is C28H21N. The van der Waals surface area contributed by atoms with E-state index in [0.717, 1.165) is 33.5 Å². The minimum atomic E-state index is 0.876. The van der Waals surface area contributed by atoms with Crippen LogP contribution in [0.1, 0.15) is 22.3 Å². The summed E-state index contributed by atoms with van der Waals surface area (Å²) in [6.07, 6.45) is 2.09. The minimum absolute atomic E-state index is 0.876. The number of nitrogens with zero attached hydrogens (tertiary/aromatic N) is 1. The van der Waals surface area contributed by atoms with Crippen LogP contribution >= 0.6 is 0 Å². The summed E-state index contributed by atoms with van der Waals surface area (Å²) in [6.45, 7) is 0. The van der Waals surface area contributed by atoms with Crippen LogP contribution < -0.4 is 0 Å². The molecule has 29 heavy (non-hydrogen) atoms. The maximum absolute atomic E-state index is 4.82. The van der Waals surface area contributed by atoms with E-state index in [1.807, 2.05) is 72.8 Å². The highest BCUT2D eigenvalue weighted by molar-refractivity contribution is 6.01. The van der Waals surface area contributed by atoms with Crippen LogP contribution in [-0.2, 0) is 0 Å². The second-order valence-corrected chi connectivity index (χ2v) is 6.64. The smallest absolute Gasteiger partial charge is 0.0808 e. The predicted molar refractivity (Wildman–Crippen MR) is 124 cm³/mol. The van der Waals surface area contributed by atoms with Gasteiger partial charge >= 0.3 is 0 Å². The molecule has 0 saturated carbocycles. The monoisotopic (exact) mass is 371 g/mol. The van der Waals surface area contributed by atoms with Gasteiger partial charge in [0.1, 0.15) is 0 Å². The molecule has 138 valence electrons. The average Bonchev–Trinajstić information content (AvgIpc) is 2.81. The number of rotatable bonds is 5. The van der Waals surface area contributed by atoms with Crippen LogP contribution in [0.3, 0.4) is 0 Å². The van der Waals surface area contributed by atoms with Crippen molar-refractivity contribution < 1.29 is 0 Å². The Labute approximate surface area is 172 Å². The molecular weight excluding hydrogens is 350 g/mol. The lowest BCUT2D eigenvalue weighted by atomic mass is 9.99. The standard InChI is InChI=1S/C28H21N/c1-5-13-23(14-6-1)21-28(26-19-11-4-12-20-26)29-22-27(24-15-7-2-8-16-24)25-17-9-3-10-18-25/h1-21H/b28-21+. The first kappa shape index (κ1) is 18.4. The van der Waals surface area contributed by atoms with Crippen molar-refractivity contribution in [2.24, 2.45) is 4.99 Å². The van der Waals surface area contributed by atoms with Gasteiger partial charge in [-0.25, -0.2) is 4.99 Å². The molecule has 0 aliphatic heterocycles. The van der Waals surface area contributed by atoms with E-state index in [9.17, 15) is 0 Å². The molecule has 1 heteroatoms. The Morgan fingerprint density at radius 2 is 0.931 bits per heavy atom. The van der Waals surface area contributed by atoms with Crippen molar-refractivity contribution in [3.8, 4) is 0 Å². The lowest BCUT2D eigenvalue weighted by molar-refractivity contribution is 1.52. The summed E-state index contributed by atoms with van der Waals surface area (Å²) in [4.78, 5) is 4.82. The first-order chi connectivity index (χ1) is 14.4. The molecule has 0 aromatic heterocycles. The molecule has 4 rings (SSSR count). The number of benzene rings is 4. The Bertz CT molecular complexity index is 1090. The van der Waals surface area contributed by atoms with Gasteiger partial charge in [-0.1, -0.05) is 121 Å². The molecule has 0 saturated heterocycles. The first-order valence-electron chi connectivity index (χ1n) is 9.67. The van der Waals surface area contributed by atoms with E-state index in [-0.39, 0.29) is 0 Å². The van der Waals surface area contributed by atoms with E-state index >= 15 is 0 Å². The molecule has 0 bridgehead atoms. The van der Waals surface area contributed by atoms with E-state index in [1.54, 1.807) is 0 Å². The van der Waals surface area contributed by atoms with Gasteiger partial charge < -0.3 is 0 Å². The largest absolute Gasteiger partial charge is 0.205 e. The summed E-state index contributed by atoms with van der Waals surface area (Å²) in [6, 6.07) is 41.0. The van der Waals surface area contributed by atoms with Gasteiger partial charge in [-0.3, -0.25) is 0 Å². The Kier molecular flexibility index (Phi) is 5.93. The van der Waals surface area contributed by atoms with Crippen molar-refractivity contribution in [2.75, 3.05) is 0 Å². The number of hydrogen-bond donors (Lipinski definition) is 0. The summed E-state index contributed by atoms with van der Waals surface area (Å²) in [5.41, 5.74) is 6.20. The molecule has 0 radical (unpaired) electrons. The first-order valence-corrected chi connectivity index (χ1v) is 9.67. The Morgan fingerprint density at radius 3 is 1.41 bits per heavy atom. The van der Waals surface area contributed by atoms with E-state index in [0.29, 0.717) is 0 Å². The van der Waals surface area contributed by atoms with Crippen LogP contribution in [0.25, 0.3) is 17.3 Å². The highest BCUT2D eigenvalue weighted by Gasteiger charge is 2.05. The van der Waals surface area contributed by atoms with E-state index in [1.165, 1.54) is 0 Å². The zero-order valence-corrected chi connectivity index (χ0v) is 16.1. The molecule has 0 spiro atoms. The SMILES string of the molecule is C(=N/C(=C/c1ccccc1)c1ccccc1)=C(c1ccccc1)c1ccccc1. The fourth-order valence-corrected chi connectivity index (χ4v) is 3.12. The van der Waals surface area contributed by atoms with Crippen molar-refractivity contribution in [1.82, 2.24) is 0 Å². The van der Waals surface area contributed by atoms with Gasteiger partial charge in [0.25, 0.3) is 0 Å². The van der Waals surface area contributed by atoms with Gasteiger partial charge in [-0.2, -0.15) is 0 Å². The van der Waals surface area contributed by atoms with E-state index in [4.69, 9.17) is 4.99 Å². The van der Waals surface area contributed by atoms with E-state index in [2.05, 4.69) is 60.5 Å². The molecule has 4 aromatic carbocycles. The molecule has 0 fully saturated rings. The zero-order valence-electron chi connectivity index (χ0n) is 16.1. The van der Waals surface area contributed by atoms with Crippen molar-refractivity contribution in [3.05, 3.63) is 144 Å². The Morgan fingerprint density at radius 1 is 0.517 bits per heavy atom. The summed E-state index contributed by atoms with van der Waals surface area (Å²) in [5, 5.41) is 0. The van der Waals surface area contributed by atoms with Crippen LogP contribution in [0.15, 0.2) is 126 Å². The van der Waals surface area contributed by atoms with Crippen molar-refractivity contribution in [2.45, 2.75) is 0 Å². The number of hydrogen-bond acceptors (Lipinski definition) is 1. The highest BCUT2D eigenvalue weighted by atomic mass is 14.7. The molecule has 0 unspecified atom stereocenters. The molecule has 0 aliphatic rings. The molecule has 1 nitrogen and oxygen atoms in total. The summed E-state index contributed by atoms with van der Waals surface area (Å²) in [5.74, 6) is 3.34. The minimum Gasteiger partial charge on any atom is -0.205 e. The van der Waals surface area contributed by atoms with Crippen molar-refractivity contribution in [3.63, 3.8) is 0 Å². The van der Waals surface area contributed by atoms with Gasteiger partial charge in [-0.15, -0.1) is 0 Å². The van der Waals surface area contributed by atoms with Crippen LogP contribution in [0.5, 0.6) is 0 Å². The van der Waals surface area contributed by atoms with Crippen LogP contribution in [0.4, 0.5) is 0 Å². The fourth-order valence-electron chi connectivity index (χ4n) is 3.12. The number of aliphatic imine (C=N–C) groups is 1. The van der Waals surface area contributed by atoms with Gasteiger partial charge in [0.15, 0.2) is 0 Å². The molecule has 0 atom stereocenters. The van der Waals surface area contributed by atoms with Crippen molar-refractivity contribution in [1.29, 1.82) is 0 Å². The molecule has 0 amide bonds. The average molecular weight is 371 g/mol. The third-order valence-electron chi connectivity index (χ3n) is 4.59.